The van der Waals surface area contributed by atoms with Gasteiger partial charge in [0.2, 0.25) is 11.8 Å². The van der Waals surface area contributed by atoms with Crippen molar-refractivity contribution in [2.24, 2.45) is 5.92 Å². The molecular weight excluding hydrogens is 444 g/mol. The Kier molecular flexibility index (Phi) is 11.8. The van der Waals surface area contributed by atoms with Gasteiger partial charge >= 0.3 is 6.09 Å². The normalized spacial score (nSPS) is 12.6. The fraction of sp³-hybridized carbons (Fsp3) is 0.556. The fourth-order valence-electron chi connectivity index (χ4n) is 3.42. The minimum Gasteiger partial charge on any atom is -0.444 e. The van der Waals surface area contributed by atoms with Gasteiger partial charge in [-0.05, 0) is 50.8 Å². The molecule has 0 aliphatic heterocycles. The Morgan fingerprint density at radius 1 is 1.14 bits per heavy atom. The molecule has 1 rings (SSSR count). The van der Waals surface area contributed by atoms with E-state index in [1.165, 1.54) is 4.90 Å². The molecule has 0 fully saturated rings. The van der Waals surface area contributed by atoms with E-state index in [1.807, 2.05) is 6.07 Å². The van der Waals surface area contributed by atoms with Crippen molar-refractivity contribution in [3.63, 3.8) is 0 Å². The second kappa shape index (κ2) is 14.0. The van der Waals surface area contributed by atoms with Crippen LogP contribution in [0.2, 0.25) is 0 Å². The van der Waals surface area contributed by atoms with Gasteiger partial charge in [-0.1, -0.05) is 51.7 Å². The Labute approximate surface area is 209 Å². The summed E-state index contributed by atoms with van der Waals surface area (Å²) in [6, 6.07) is 6.63. The number of carbonyl (C=O) groups excluding carboxylic acids is 3. The highest BCUT2D eigenvalue weighted by Gasteiger charge is 2.37. The van der Waals surface area contributed by atoms with Crippen LogP contribution in [0.1, 0.15) is 78.0 Å². The lowest BCUT2D eigenvalue weighted by atomic mass is 9.98. The van der Waals surface area contributed by atoms with Gasteiger partial charge in [-0.15, -0.1) is 6.42 Å². The number of hydrogen-bond acceptors (Lipinski definition) is 5. The number of unbranched alkanes of at least 4 members (excludes halogenated alkanes) is 2. The first kappa shape index (κ1) is 29.5. The molecular formula is C27H38N4O4. The van der Waals surface area contributed by atoms with Crippen molar-refractivity contribution >= 4 is 17.9 Å². The number of nitrogens with one attached hydrogen (secondary N) is 2. The van der Waals surface area contributed by atoms with Crippen molar-refractivity contribution in [1.82, 2.24) is 15.5 Å². The number of rotatable bonds is 11. The van der Waals surface area contributed by atoms with Crippen LogP contribution in [0.15, 0.2) is 24.3 Å². The summed E-state index contributed by atoms with van der Waals surface area (Å²) in [6.07, 6.45) is 7.46. The minimum absolute atomic E-state index is 0.326. The zero-order valence-corrected chi connectivity index (χ0v) is 21.7. The van der Waals surface area contributed by atoms with E-state index in [2.05, 4.69) is 23.5 Å². The lowest BCUT2D eigenvalue weighted by Gasteiger charge is -2.34. The van der Waals surface area contributed by atoms with Crippen LogP contribution < -0.4 is 10.6 Å². The van der Waals surface area contributed by atoms with Gasteiger partial charge in [-0.25, -0.2) is 4.79 Å². The molecule has 2 N–H and O–H groups in total. The molecule has 0 aliphatic rings. The maximum atomic E-state index is 13.7. The van der Waals surface area contributed by atoms with Crippen LogP contribution in [0.3, 0.4) is 0 Å². The van der Waals surface area contributed by atoms with Crippen LogP contribution in [-0.2, 0) is 14.3 Å². The molecule has 0 radical (unpaired) electrons. The third-order valence-corrected chi connectivity index (χ3v) is 5.16. The van der Waals surface area contributed by atoms with Gasteiger partial charge in [-0.3, -0.25) is 9.59 Å². The van der Waals surface area contributed by atoms with Crippen molar-refractivity contribution in [1.29, 1.82) is 5.26 Å². The smallest absolute Gasteiger partial charge is 0.408 e. The Bertz CT molecular complexity index is 936. The van der Waals surface area contributed by atoms with E-state index < -0.39 is 35.6 Å². The third-order valence-electron chi connectivity index (χ3n) is 5.16. The van der Waals surface area contributed by atoms with Crippen LogP contribution in [0.25, 0.3) is 0 Å². The van der Waals surface area contributed by atoms with Crippen LogP contribution in [0.4, 0.5) is 4.79 Å². The number of ether oxygens (including phenoxy) is 1. The Balaban J connectivity index is 3.36. The van der Waals surface area contributed by atoms with E-state index >= 15 is 0 Å². The summed E-state index contributed by atoms with van der Waals surface area (Å²) in [5.41, 5.74) is 0.391. The van der Waals surface area contributed by atoms with Crippen molar-refractivity contribution in [2.75, 3.05) is 13.1 Å². The molecule has 8 nitrogen and oxygen atoms in total. The van der Waals surface area contributed by atoms with E-state index in [1.54, 1.807) is 58.9 Å². The van der Waals surface area contributed by atoms with E-state index in [4.69, 9.17) is 11.2 Å². The zero-order valence-electron chi connectivity index (χ0n) is 21.7. The molecule has 1 aromatic carbocycles. The summed E-state index contributed by atoms with van der Waals surface area (Å²) in [5, 5.41) is 15.0. The highest BCUT2D eigenvalue weighted by Crippen LogP contribution is 2.24. The third kappa shape index (κ3) is 9.70. The summed E-state index contributed by atoms with van der Waals surface area (Å²) in [4.78, 5) is 40.6. The van der Waals surface area contributed by atoms with E-state index in [0.717, 1.165) is 19.3 Å². The van der Waals surface area contributed by atoms with Crippen molar-refractivity contribution in [2.45, 2.75) is 78.5 Å². The molecule has 2 atom stereocenters. The first-order valence-electron chi connectivity index (χ1n) is 12.0. The molecule has 0 spiro atoms. The monoisotopic (exact) mass is 482 g/mol. The maximum Gasteiger partial charge on any atom is 0.408 e. The average Bonchev–Trinajstić information content (AvgIpc) is 2.78. The number of nitriles is 1. The molecule has 0 saturated carbocycles. The van der Waals surface area contributed by atoms with Gasteiger partial charge < -0.3 is 20.3 Å². The van der Waals surface area contributed by atoms with E-state index in [-0.39, 0.29) is 12.5 Å². The van der Waals surface area contributed by atoms with Gasteiger partial charge in [0.15, 0.2) is 0 Å². The largest absolute Gasteiger partial charge is 0.444 e. The molecule has 35 heavy (non-hydrogen) atoms. The van der Waals surface area contributed by atoms with Crippen LogP contribution in [-0.4, -0.2) is 47.5 Å². The van der Waals surface area contributed by atoms with E-state index in [0.29, 0.717) is 17.7 Å². The number of terminal acetylenes is 1. The van der Waals surface area contributed by atoms with Crippen LogP contribution >= 0.6 is 0 Å². The Morgan fingerprint density at radius 3 is 2.26 bits per heavy atom. The van der Waals surface area contributed by atoms with Crippen LogP contribution in [0.5, 0.6) is 0 Å². The molecule has 0 aromatic heterocycles. The number of nitrogens with zero attached hydrogens (tertiary/aromatic N) is 2. The summed E-state index contributed by atoms with van der Waals surface area (Å²) < 4.78 is 5.32. The van der Waals surface area contributed by atoms with Crippen LogP contribution in [0, 0.1) is 29.6 Å². The molecule has 0 heterocycles. The average molecular weight is 483 g/mol. The quantitative estimate of drug-likeness (QED) is 0.282. The number of alkyl carbamates (subject to hydrolysis) is 1. The van der Waals surface area contributed by atoms with Gasteiger partial charge in [-0.2, -0.15) is 5.26 Å². The number of carbonyl (C=O) groups is 3. The standard InChI is InChI=1S/C27H38N4O4/c1-8-10-11-17-29-24(32)23(21-14-12-20(9-2)13-15-21)31(18-16-28)25(33)22(19(3)4)30-26(34)35-27(5,6)7/h2,12-15,19,22-23H,8,10-11,17-18H2,1,3-7H3,(H,29,32)(H,30,34). The molecule has 0 bridgehead atoms. The van der Waals surface area contributed by atoms with Crippen molar-refractivity contribution in [3.05, 3.63) is 35.4 Å². The summed E-state index contributed by atoms with van der Waals surface area (Å²) in [6.45, 7) is 10.9. The van der Waals surface area contributed by atoms with Gasteiger partial charge in [0.1, 0.15) is 24.2 Å². The predicted molar refractivity (Wildman–Crippen MR) is 135 cm³/mol. The predicted octanol–water partition coefficient (Wildman–Crippen LogP) is 3.92. The lowest BCUT2D eigenvalue weighted by molar-refractivity contribution is -0.142. The number of hydrogen-bond donors (Lipinski definition) is 2. The number of amides is 3. The Morgan fingerprint density at radius 2 is 1.77 bits per heavy atom. The molecule has 0 aliphatic carbocycles. The first-order chi connectivity index (χ1) is 16.4. The molecule has 190 valence electrons. The number of benzene rings is 1. The SMILES string of the molecule is C#Cc1ccc(C(C(=O)NCCCCC)N(CC#N)C(=O)C(NC(=O)OC(C)(C)C)C(C)C)cc1. The second-order valence-electron chi connectivity index (χ2n) is 9.66. The fourth-order valence-corrected chi connectivity index (χ4v) is 3.42. The molecule has 8 heteroatoms. The van der Waals surface area contributed by atoms with Gasteiger partial charge in [0.05, 0.1) is 6.07 Å². The lowest BCUT2D eigenvalue weighted by Crippen LogP contribution is -2.55. The minimum atomic E-state index is -1.07. The summed E-state index contributed by atoms with van der Waals surface area (Å²) >= 11 is 0. The van der Waals surface area contributed by atoms with Gasteiger partial charge in [0.25, 0.3) is 0 Å². The summed E-state index contributed by atoms with van der Waals surface area (Å²) in [7, 11) is 0. The Hall–Kier alpha value is -3.52. The highest BCUT2D eigenvalue weighted by molar-refractivity contribution is 5.92. The molecule has 2 unspecified atom stereocenters. The first-order valence-corrected chi connectivity index (χ1v) is 12.0. The maximum absolute atomic E-state index is 13.7. The second-order valence-corrected chi connectivity index (χ2v) is 9.66. The summed E-state index contributed by atoms with van der Waals surface area (Å²) in [5.74, 6) is 1.24. The molecule has 0 saturated heterocycles. The molecule has 3 amide bonds. The van der Waals surface area contributed by atoms with Crippen molar-refractivity contribution < 1.29 is 19.1 Å². The topological polar surface area (TPSA) is 112 Å². The van der Waals surface area contributed by atoms with E-state index in [9.17, 15) is 19.6 Å². The highest BCUT2D eigenvalue weighted by atomic mass is 16.6. The van der Waals surface area contributed by atoms with Crippen molar-refractivity contribution in [3.8, 4) is 18.4 Å². The molecule has 1 aromatic rings. The zero-order chi connectivity index (χ0) is 26.6. The van der Waals surface area contributed by atoms with Gasteiger partial charge in [0, 0.05) is 12.1 Å².